The van der Waals surface area contributed by atoms with E-state index in [0.717, 1.165) is 5.69 Å². The highest BCUT2D eigenvalue weighted by Crippen LogP contribution is 2.31. The third-order valence-corrected chi connectivity index (χ3v) is 6.70. The lowest BCUT2D eigenvalue weighted by molar-refractivity contribution is -0.138. The summed E-state index contributed by atoms with van der Waals surface area (Å²) in [6, 6.07) is 5.27. The molecule has 1 aromatic rings. The van der Waals surface area contributed by atoms with Gasteiger partial charge in [0.1, 0.15) is 12.1 Å². The van der Waals surface area contributed by atoms with Crippen molar-refractivity contribution in [3.63, 3.8) is 0 Å². The minimum absolute atomic E-state index is 0.0442. The number of carbonyl (C=O) groups is 5. The summed E-state index contributed by atoms with van der Waals surface area (Å²) >= 11 is 0. The molecule has 3 rings (SSSR count). The van der Waals surface area contributed by atoms with E-state index in [1.165, 1.54) is 16.7 Å². The first kappa shape index (κ1) is 27.2. The Bertz CT molecular complexity index is 1010. The number of carbonyl (C=O) groups excluding carboxylic acids is 5. The first-order chi connectivity index (χ1) is 17.0. The zero-order valence-corrected chi connectivity index (χ0v) is 21.7. The van der Waals surface area contributed by atoms with E-state index in [9.17, 15) is 24.0 Å². The maximum absolute atomic E-state index is 13.6. The summed E-state index contributed by atoms with van der Waals surface area (Å²) in [5.41, 5.74) is 1.41. The maximum atomic E-state index is 13.6. The number of ketones is 1. The van der Waals surface area contributed by atoms with E-state index in [4.69, 9.17) is 0 Å². The second kappa shape index (κ2) is 11.5. The van der Waals surface area contributed by atoms with E-state index in [1.807, 2.05) is 45.0 Å². The highest BCUT2D eigenvalue weighted by atomic mass is 16.2. The predicted molar refractivity (Wildman–Crippen MR) is 135 cm³/mol. The van der Waals surface area contributed by atoms with Crippen LogP contribution in [-0.4, -0.2) is 91.1 Å². The number of fused-ring (bicyclic) bond motifs is 1. The summed E-state index contributed by atoms with van der Waals surface area (Å²) in [6.07, 6.45) is 1.03. The molecule has 0 aromatic heterocycles. The number of hydrogen-bond donors (Lipinski definition) is 2. The predicted octanol–water partition coefficient (Wildman–Crippen LogP) is 0.804. The van der Waals surface area contributed by atoms with Crippen molar-refractivity contribution < 1.29 is 24.0 Å². The molecule has 36 heavy (non-hydrogen) atoms. The molecule has 0 aliphatic carbocycles. The monoisotopic (exact) mass is 499 g/mol. The van der Waals surface area contributed by atoms with Gasteiger partial charge in [-0.05, 0) is 43.0 Å². The van der Waals surface area contributed by atoms with Crippen LogP contribution in [-0.2, 0) is 19.2 Å². The van der Waals surface area contributed by atoms with Crippen LogP contribution in [0.3, 0.4) is 0 Å². The number of nitrogens with zero attached hydrogens (tertiary/aromatic N) is 3. The number of amides is 4. The molecule has 1 unspecified atom stereocenters. The van der Waals surface area contributed by atoms with Crippen molar-refractivity contribution in [2.45, 2.75) is 58.2 Å². The molecule has 2 fully saturated rings. The van der Waals surface area contributed by atoms with Crippen LogP contribution in [0.5, 0.6) is 0 Å². The minimum Gasteiger partial charge on any atom is -0.378 e. The summed E-state index contributed by atoms with van der Waals surface area (Å²) in [4.78, 5) is 68.3. The summed E-state index contributed by atoms with van der Waals surface area (Å²) in [5.74, 6) is -1.11. The normalized spacial score (nSPS) is 19.8. The molecule has 2 N–H and O–H groups in total. The molecule has 196 valence electrons. The van der Waals surface area contributed by atoms with Gasteiger partial charge in [0.2, 0.25) is 17.7 Å². The zero-order chi connectivity index (χ0) is 26.6. The SMILES string of the molecule is CC(=O)NCCC(=O)N1CC(=O)[C@@H]2C1CCN2C(=O)[C@H](CC(C)C)NC(=O)c1ccc(N(C)C)cc1. The van der Waals surface area contributed by atoms with Gasteiger partial charge in [0.25, 0.3) is 5.91 Å². The van der Waals surface area contributed by atoms with E-state index < -0.39 is 12.1 Å². The second-order valence-electron chi connectivity index (χ2n) is 10.2. The van der Waals surface area contributed by atoms with Gasteiger partial charge < -0.3 is 25.3 Å². The van der Waals surface area contributed by atoms with E-state index in [-0.39, 0.29) is 60.9 Å². The van der Waals surface area contributed by atoms with Crippen molar-refractivity contribution in [3.05, 3.63) is 29.8 Å². The molecule has 2 heterocycles. The second-order valence-corrected chi connectivity index (χ2v) is 10.2. The molecule has 1 aromatic carbocycles. The number of Topliss-reactive ketones (excluding diaryl/α,β-unsaturated/α-hetero) is 1. The number of anilines is 1. The van der Waals surface area contributed by atoms with Crippen LogP contribution < -0.4 is 15.5 Å². The third kappa shape index (κ3) is 6.22. The highest BCUT2D eigenvalue weighted by molar-refractivity contribution is 6.01. The van der Waals surface area contributed by atoms with Crippen LogP contribution in [0.25, 0.3) is 0 Å². The largest absolute Gasteiger partial charge is 0.378 e. The molecule has 0 spiro atoms. The van der Waals surface area contributed by atoms with E-state index >= 15 is 0 Å². The van der Waals surface area contributed by atoms with Gasteiger partial charge in [0.05, 0.1) is 12.6 Å². The van der Waals surface area contributed by atoms with Crippen molar-refractivity contribution in [1.82, 2.24) is 20.4 Å². The molecule has 10 nitrogen and oxygen atoms in total. The molecule has 10 heteroatoms. The van der Waals surface area contributed by atoms with E-state index in [2.05, 4.69) is 10.6 Å². The fourth-order valence-electron chi connectivity index (χ4n) is 4.92. The zero-order valence-electron chi connectivity index (χ0n) is 21.7. The molecule has 2 saturated heterocycles. The Kier molecular flexibility index (Phi) is 8.70. The molecular weight excluding hydrogens is 462 g/mol. The summed E-state index contributed by atoms with van der Waals surface area (Å²) in [5, 5.41) is 5.47. The fraction of sp³-hybridized carbons (Fsp3) is 0.577. The van der Waals surface area contributed by atoms with Gasteiger partial charge in [-0.3, -0.25) is 24.0 Å². The van der Waals surface area contributed by atoms with Crippen LogP contribution >= 0.6 is 0 Å². The summed E-state index contributed by atoms with van der Waals surface area (Å²) in [6.45, 7) is 5.83. The Morgan fingerprint density at radius 1 is 1.08 bits per heavy atom. The van der Waals surface area contributed by atoms with E-state index in [0.29, 0.717) is 24.9 Å². The summed E-state index contributed by atoms with van der Waals surface area (Å²) in [7, 11) is 3.83. The van der Waals surface area contributed by atoms with E-state index in [1.54, 1.807) is 12.1 Å². The molecule has 2 aliphatic heterocycles. The van der Waals surface area contributed by atoms with Gasteiger partial charge in [-0.15, -0.1) is 0 Å². The van der Waals surface area contributed by atoms with Crippen LogP contribution in [0.2, 0.25) is 0 Å². The van der Waals surface area contributed by atoms with Crippen LogP contribution in [0.15, 0.2) is 24.3 Å². The Morgan fingerprint density at radius 3 is 2.33 bits per heavy atom. The first-order valence-electron chi connectivity index (χ1n) is 12.4. The molecular formula is C26H37N5O5. The quantitative estimate of drug-likeness (QED) is 0.519. The summed E-state index contributed by atoms with van der Waals surface area (Å²) < 4.78 is 0. The van der Waals surface area contributed by atoms with Gasteiger partial charge in [-0.1, -0.05) is 13.8 Å². The lowest BCUT2D eigenvalue weighted by atomic mass is 10.0. The number of rotatable bonds is 9. The number of hydrogen-bond acceptors (Lipinski definition) is 6. The highest BCUT2D eigenvalue weighted by Gasteiger charge is 2.52. The van der Waals surface area contributed by atoms with Gasteiger partial charge in [-0.25, -0.2) is 0 Å². The van der Waals surface area contributed by atoms with Crippen molar-refractivity contribution in [2.75, 3.05) is 38.6 Å². The molecule has 3 atom stereocenters. The van der Waals surface area contributed by atoms with Crippen LogP contribution in [0, 0.1) is 5.92 Å². The van der Waals surface area contributed by atoms with Crippen molar-refractivity contribution in [2.24, 2.45) is 5.92 Å². The average Bonchev–Trinajstić information content (AvgIpc) is 3.39. The van der Waals surface area contributed by atoms with Crippen LogP contribution in [0.1, 0.15) is 50.4 Å². The topological polar surface area (TPSA) is 119 Å². The fourth-order valence-corrected chi connectivity index (χ4v) is 4.92. The third-order valence-electron chi connectivity index (χ3n) is 6.70. The number of nitrogens with one attached hydrogen (secondary N) is 2. The lowest BCUT2D eigenvalue weighted by Crippen LogP contribution is -2.53. The van der Waals surface area contributed by atoms with Crippen molar-refractivity contribution in [3.8, 4) is 0 Å². The number of benzene rings is 1. The van der Waals surface area contributed by atoms with Gasteiger partial charge in [-0.2, -0.15) is 0 Å². The average molecular weight is 500 g/mol. The van der Waals surface area contributed by atoms with Crippen molar-refractivity contribution >= 4 is 35.1 Å². The molecule has 0 saturated carbocycles. The van der Waals surface area contributed by atoms with Gasteiger partial charge in [0, 0.05) is 51.8 Å². The van der Waals surface area contributed by atoms with Crippen LogP contribution in [0.4, 0.5) is 5.69 Å². The Hall–Kier alpha value is -3.43. The van der Waals surface area contributed by atoms with Crippen molar-refractivity contribution in [1.29, 1.82) is 0 Å². The smallest absolute Gasteiger partial charge is 0.251 e. The molecule has 4 amide bonds. The maximum Gasteiger partial charge on any atom is 0.251 e. The molecule has 0 radical (unpaired) electrons. The first-order valence-corrected chi connectivity index (χ1v) is 12.4. The Labute approximate surface area is 212 Å². The minimum atomic E-state index is -0.776. The van der Waals surface area contributed by atoms with Gasteiger partial charge >= 0.3 is 0 Å². The number of likely N-dealkylation sites (tertiary alicyclic amines) is 2. The van der Waals surface area contributed by atoms with Gasteiger partial charge in [0.15, 0.2) is 5.78 Å². The standard InChI is InChI=1S/C26H37N5O5/c1-16(2)14-20(28-25(35)18-6-8-19(9-7-18)29(4)5)26(36)30-13-11-21-24(30)22(33)15-31(21)23(34)10-12-27-17(3)32/h6-9,16,20-21,24H,10-15H2,1-5H3,(H,27,32)(H,28,35)/t20-,21?,24-/m0/s1. The Balaban J connectivity index is 1.70. The Morgan fingerprint density at radius 2 is 1.75 bits per heavy atom. The molecule has 0 bridgehead atoms. The lowest BCUT2D eigenvalue weighted by Gasteiger charge is -2.29. The molecule has 2 aliphatic rings.